The van der Waals surface area contributed by atoms with Crippen LogP contribution in [0.3, 0.4) is 0 Å². The fraction of sp³-hybridized carbons (Fsp3) is 0.562. The number of nitrogens with two attached hydrogens (primary N) is 1. The monoisotopic (exact) mass is 328 g/mol. The molecule has 1 fully saturated rings. The van der Waals surface area contributed by atoms with Crippen molar-refractivity contribution in [2.75, 3.05) is 27.3 Å². The van der Waals surface area contributed by atoms with Crippen molar-refractivity contribution in [2.24, 2.45) is 11.7 Å². The zero-order valence-corrected chi connectivity index (χ0v) is 14.2. The van der Waals surface area contributed by atoms with Crippen LogP contribution in [0.2, 0.25) is 0 Å². The van der Waals surface area contributed by atoms with E-state index in [4.69, 9.17) is 15.2 Å². The standard InChI is InChI=1S/C16H24N2O3.ClH/c1-11-6-7-18(12(8-11)10-17)16(19)14-5-4-13(20-2)9-15(14)21-3;/h4-5,9,11-12H,6-8,10,17H2,1-3H3;1H. The molecule has 124 valence electrons. The molecule has 2 N–H and O–H groups in total. The fourth-order valence-electron chi connectivity index (χ4n) is 2.87. The first-order chi connectivity index (χ1) is 10.1. The summed E-state index contributed by atoms with van der Waals surface area (Å²) in [5.41, 5.74) is 6.40. The van der Waals surface area contributed by atoms with Crippen LogP contribution in [0, 0.1) is 5.92 Å². The van der Waals surface area contributed by atoms with E-state index in [-0.39, 0.29) is 24.4 Å². The molecule has 1 aromatic carbocycles. The van der Waals surface area contributed by atoms with E-state index in [1.165, 1.54) is 0 Å². The predicted octanol–water partition coefficient (Wildman–Crippen LogP) is 2.33. The third-order valence-electron chi connectivity index (χ3n) is 4.15. The van der Waals surface area contributed by atoms with Gasteiger partial charge in [-0.3, -0.25) is 4.79 Å². The Morgan fingerprint density at radius 1 is 1.36 bits per heavy atom. The largest absolute Gasteiger partial charge is 0.497 e. The van der Waals surface area contributed by atoms with Crippen molar-refractivity contribution in [3.05, 3.63) is 23.8 Å². The molecule has 1 aliphatic rings. The molecule has 1 amide bonds. The second-order valence-corrected chi connectivity index (χ2v) is 5.58. The summed E-state index contributed by atoms with van der Waals surface area (Å²) >= 11 is 0. The van der Waals surface area contributed by atoms with E-state index in [1.54, 1.807) is 32.4 Å². The van der Waals surface area contributed by atoms with Crippen molar-refractivity contribution in [3.63, 3.8) is 0 Å². The van der Waals surface area contributed by atoms with E-state index in [1.807, 2.05) is 4.90 Å². The lowest BCUT2D eigenvalue weighted by atomic mass is 9.92. The summed E-state index contributed by atoms with van der Waals surface area (Å²) in [5.74, 6) is 1.80. The topological polar surface area (TPSA) is 64.8 Å². The van der Waals surface area contributed by atoms with E-state index >= 15 is 0 Å². The second kappa shape index (κ2) is 8.25. The molecule has 0 bridgehead atoms. The van der Waals surface area contributed by atoms with Gasteiger partial charge in [0.2, 0.25) is 0 Å². The van der Waals surface area contributed by atoms with Crippen molar-refractivity contribution in [1.29, 1.82) is 0 Å². The summed E-state index contributed by atoms with van der Waals surface area (Å²) in [6.07, 6.45) is 1.97. The minimum Gasteiger partial charge on any atom is -0.497 e. The number of piperidine rings is 1. The van der Waals surface area contributed by atoms with E-state index in [9.17, 15) is 4.79 Å². The van der Waals surface area contributed by atoms with Crippen molar-refractivity contribution in [3.8, 4) is 11.5 Å². The Morgan fingerprint density at radius 2 is 2.09 bits per heavy atom. The molecule has 22 heavy (non-hydrogen) atoms. The zero-order chi connectivity index (χ0) is 15.4. The van der Waals surface area contributed by atoms with Gasteiger partial charge in [0.25, 0.3) is 5.91 Å². The number of likely N-dealkylation sites (tertiary alicyclic amines) is 1. The number of hydrogen-bond acceptors (Lipinski definition) is 4. The van der Waals surface area contributed by atoms with Crippen LogP contribution >= 0.6 is 12.4 Å². The van der Waals surface area contributed by atoms with Gasteiger partial charge >= 0.3 is 0 Å². The van der Waals surface area contributed by atoms with Gasteiger partial charge in [0.1, 0.15) is 11.5 Å². The quantitative estimate of drug-likeness (QED) is 0.921. The van der Waals surface area contributed by atoms with Crippen LogP contribution in [0.4, 0.5) is 0 Å². The predicted molar refractivity (Wildman–Crippen MR) is 89.1 cm³/mol. The molecule has 6 heteroatoms. The number of carbonyl (C=O) groups excluding carboxylic acids is 1. The second-order valence-electron chi connectivity index (χ2n) is 5.58. The number of amides is 1. The van der Waals surface area contributed by atoms with Gasteiger partial charge in [0.05, 0.1) is 19.8 Å². The van der Waals surface area contributed by atoms with Crippen LogP contribution in [-0.2, 0) is 0 Å². The van der Waals surface area contributed by atoms with Gasteiger partial charge < -0.3 is 20.1 Å². The molecule has 2 rings (SSSR count). The lowest BCUT2D eigenvalue weighted by molar-refractivity contribution is 0.0570. The van der Waals surface area contributed by atoms with Gasteiger partial charge in [-0.1, -0.05) is 6.92 Å². The Kier molecular flexibility index (Phi) is 6.97. The number of hydrogen-bond donors (Lipinski definition) is 1. The average Bonchev–Trinajstić information content (AvgIpc) is 2.53. The molecule has 2 atom stereocenters. The molecule has 0 saturated carbocycles. The number of rotatable bonds is 4. The van der Waals surface area contributed by atoms with Gasteiger partial charge in [-0.15, -0.1) is 12.4 Å². The summed E-state index contributed by atoms with van der Waals surface area (Å²) in [6.45, 7) is 3.45. The molecular formula is C16H25ClN2O3. The van der Waals surface area contributed by atoms with Crippen LogP contribution in [0.1, 0.15) is 30.1 Å². The summed E-state index contributed by atoms with van der Waals surface area (Å²) in [5, 5.41) is 0. The molecule has 1 aliphatic heterocycles. The van der Waals surface area contributed by atoms with E-state index < -0.39 is 0 Å². The Bertz CT molecular complexity index is 510. The Morgan fingerprint density at radius 3 is 2.68 bits per heavy atom. The molecule has 2 unspecified atom stereocenters. The minimum absolute atomic E-state index is 0. The maximum absolute atomic E-state index is 12.8. The Balaban J connectivity index is 0.00000242. The first kappa shape index (κ1) is 18.6. The molecule has 1 heterocycles. The van der Waals surface area contributed by atoms with Gasteiger partial charge in [0.15, 0.2) is 0 Å². The molecule has 1 saturated heterocycles. The van der Waals surface area contributed by atoms with Gasteiger partial charge in [-0.25, -0.2) is 0 Å². The molecule has 0 radical (unpaired) electrons. The number of halogens is 1. The SMILES string of the molecule is COc1ccc(C(=O)N2CCC(C)CC2CN)c(OC)c1.Cl. The molecule has 0 spiro atoms. The number of carbonyl (C=O) groups is 1. The summed E-state index contributed by atoms with van der Waals surface area (Å²) in [7, 11) is 3.15. The lowest BCUT2D eigenvalue weighted by Gasteiger charge is -2.38. The maximum Gasteiger partial charge on any atom is 0.257 e. The molecule has 0 aliphatic carbocycles. The first-order valence-electron chi connectivity index (χ1n) is 7.33. The van der Waals surface area contributed by atoms with Crippen LogP contribution < -0.4 is 15.2 Å². The third kappa shape index (κ3) is 3.84. The summed E-state index contributed by atoms with van der Waals surface area (Å²) in [6, 6.07) is 5.37. The van der Waals surface area contributed by atoms with Crippen molar-refractivity contribution in [2.45, 2.75) is 25.8 Å². The highest BCUT2D eigenvalue weighted by Gasteiger charge is 2.30. The smallest absolute Gasteiger partial charge is 0.257 e. The van der Waals surface area contributed by atoms with E-state index in [0.717, 1.165) is 19.4 Å². The molecule has 5 nitrogen and oxygen atoms in total. The first-order valence-corrected chi connectivity index (χ1v) is 7.33. The maximum atomic E-state index is 12.8. The van der Waals surface area contributed by atoms with E-state index in [0.29, 0.717) is 29.5 Å². The normalized spacial score (nSPS) is 21.0. The molecule has 0 aromatic heterocycles. The number of benzene rings is 1. The van der Waals surface area contributed by atoms with Crippen molar-refractivity contribution >= 4 is 18.3 Å². The number of nitrogens with zero attached hydrogens (tertiary/aromatic N) is 1. The van der Waals surface area contributed by atoms with Gasteiger partial charge in [-0.05, 0) is 30.9 Å². The highest BCUT2D eigenvalue weighted by molar-refractivity contribution is 5.97. The van der Waals surface area contributed by atoms with Crippen molar-refractivity contribution < 1.29 is 14.3 Å². The van der Waals surface area contributed by atoms with Crippen LogP contribution in [0.5, 0.6) is 11.5 Å². The summed E-state index contributed by atoms with van der Waals surface area (Å²) < 4.78 is 10.5. The van der Waals surface area contributed by atoms with Crippen molar-refractivity contribution in [1.82, 2.24) is 4.90 Å². The van der Waals surface area contributed by atoms with Gasteiger partial charge in [0, 0.05) is 25.2 Å². The highest BCUT2D eigenvalue weighted by Crippen LogP contribution is 2.29. The van der Waals surface area contributed by atoms with E-state index in [2.05, 4.69) is 6.92 Å². The minimum atomic E-state index is -0.0168. The molecule has 1 aromatic rings. The van der Waals surface area contributed by atoms with Crippen LogP contribution in [0.15, 0.2) is 18.2 Å². The highest BCUT2D eigenvalue weighted by atomic mass is 35.5. The number of methoxy groups -OCH3 is 2. The van der Waals surface area contributed by atoms with Gasteiger partial charge in [-0.2, -0.15) is 0 Å². The van der Waals surface area contributed by atoms with Crippen LogP contribution in [0.25, 0.3) is 0 Å². The summed E-state index contributed by atoms with van der Waals surface area (Å²) in [4.78, 5) is 14.7. The lowest BCUT2D eigenvalue weighted by Crippen LogP contribution is -2.49. The zero-order valence-electron chi connectivity index (χ0n) is 13.4. The Labute approximate surface area is 138 Å². The Hall–Kier alpha value is -1.46. The fourth-order valence-corrected chi connectivity index (χ4v) is 2.87. The third-order valence-corrected chi connectivity index (χ3v) is 4.15. The van der Waals surface area contributed by atoms with Crippen LogP contribution in [-0.4, -0.2) is 44.2 Å². The molecular weight excluding hydrogens is 304 g/mol. The number of ether oxygens (including phenoxy) is 2. The average molecular weight is 329 g/mol.